The number of halogens is 2. The van der Waals surface area contributed by atoms with Gasteiger partial charge >= 0.3 is 0 Å². The van der Waals surface area contributed by atoms with Crippen LogP contribution in [-0.4, -0.2) is 25.7 Å². The number of rotatable bonds is 7. The second-order valence-electron chi connectivity index (χ2n) is 6.77. The minimum atomic E-state index is -0.527. The molecule has 0 aliphatic carbocycles. The van der Waals surface area contributed by atoms with Gasteiger partial charge in [-0.05, 0) is 36.1 Å². The molecular weight excluding hydrogens is 399 g/mol. The highest BCUT2D eigenvalue weighted by molar-refractivity contribution is 6.32. The molecule has 152 valence electrons. The van der Waals surface area contributed by atoms with Crippen LogP contribution in [0.5, 0.6) is 5.75 Å². The van der Waals surface area contributed by atoms with Crippen LogP contribution in [0.3, 0.4) is 0 Å². The number of nitrogens with two attached hydrogens (primary N) is 1. The van der Waals surface area contributed by atoms with Gasteiger partial charge in [-0.1, -0.05) is 48.0 Å². The van der Waals surface area contributed by atoms with Gasteiger partial charge in [-0.3, -0.25) is 4.79 Å². The van der Waals surface area contributed by atoms with Crippen molar-refractivity contribution >= 4 is 29.9 Å². The van der Waals surface area contributed by atoms with Crippen LogP contribution in [0.4, 0.5) is 0 Å². The van der Waals surface area contributed by atoms with Gasteiger partial charge in [0.25, 0.3) is 0 Å². The Bertz CT molecular complexity index is 780. The van der Waals surface area contributed by atoms with E-state index in [1.54, 1.807) is 6.07 Å². The summed E-state index contributed by atoms with van der Waals surface area (Å²) in [6.07, 6.45) is 1.32. The van der Waals surface area contributed by atoms with Crippen LogP contribution in [0, 0.1) is 5.41 Å². The fourth-order valence-corrected chi connectivity index (χ4v) is 3.43. The normalized spacial score (nSPS) is 15.4. The molecule has 1 amide bonds. The molecule has 0 bridgehead atoms. The molecule has 0 saturated carbocycles. The number of amides is 1. The Labute approximate surface area is 177 Å². The Morgan fingerprint density at radius 3 is 2.43 bits per heavy atom. The van der Waals surface area contributed by atoms with E-state index in [9.17, 15) is 4.79 Å². The molecule has 3 N–H and O–H groups in total. The summed E-state index contributed by atoms with van der Waals surface area (Å²) in [5, 5.41) is 3.63. The first-order chi connectivity index (χ1) is 13.1. The van der Waals surface area contributed by atoms with Gasteiger partial charge in [0.05, 0.1) is 10.4 Å². The molecule has 0 radical (unpaired) electrons. The molecule has 3 rings (SSSR count). The second kappa shape index (κ2) is 10.7. The van der Waals surface area contributed by atoms with Crippen LogP contribution in [0.2, 0.25) is 5.02 Å². The van der Waals surface area contributed by atoms with Crippen LogP contribution < -0.4 is 15.8 Å². The van der Waals surface area contributed by atoms with Crippen LogP contribution in [0.25, 0.3) is 0 Å². The van der Waals surface area contributed by atoms with Gasteiger partial charge in [-0.2, -0.15) is 0 Å². The molecular formula is C21H26Cl2N2O3. The SMILES string of the molecule is Cl.NCC1(C(=O)NCc2ccccc2COc2ccccc2Cl)CCOCC1. The van der Waals surface area contributed by atoms with Crippen molar-refractivity contribution < 1.29 is 14.3 Å². The maximum atomic E-state index is 12.8. The molecule has 2 aromatic rings. The van der Waals surface area contributed by atoms with Crippen molar-refractivity contribution in [1.82, 2.24) is 5.32 Å². The van der Waals surface area contributed by atoms with Crippen LogP contribution in [-0.2, 0) is 22.7 Å². The number of hydrogen-bond donors (Lipinski definition) is 2. The average Bonchev–Trinajstić information content (AvgIpc) is 2.72. The molecule has 28 heavy (non-hydrogen) atoms. The van der Waals surface area contributed by atoms with E-state index in [1.165, 1.54) is 0 Å². The smallest absolute Gasteiger partial charge is 0.227 e. The zero-order valence-electron chi connectivity index (χ0n) is 15.7. The summed E-state index contributed by atoms with van der Waals surface area (Å²) in [5.41, 5.74) is 7.41. The van der Waals surface area contributed by atoms with Gasteiger partial charge in [0.15, 0.2) is 0 Å². The predicted molar refractivity (Wildman–Crippen MR) is 113 cm³/mol. The van der Waals surface area contributed by atoms with Gasteiger partial charge in [0, 0.05) is 26.3 Å². The summed E-state index contributed by atoms with van der Waals surface area (Å²) in [6.45, 7) is 2.30. The molecule has 5 nitrogen and oxygen atoms in total. The van der Waals surface area contributed by atoms with Gasteiger partial charge in [-0.25, -0.2) is 0 Å². The topological polar surface area (TPSA) is 73.6 Å². The summed E-state index contributed by atoms with van der Waals surface area (Å²) in [6, 6.07) is 15.3. The molecule has 0 unspecified atom stereocenters. The van der Waals surface area contributed by atoms with Crippen molar-refractivity contribution in [2.45, 2.75) is 26.0 Å². The van der Waals surface area contributed by atoms with E-state index < -0.39 is 5.41 Å². The van der Waals surface area contributed by atoms with Crippen molar-refractivity contribution in [1.29, 1.82) is 0 Å². The molecule has 0 spiro atoms. The molecule has 1 fully saturated rings. The van der Waals surface area contributed by atoms with Gasteiger partial charge in [0.1, 0.15) is 12.4 Å². The summed E-state index contributed by atoms with van der Waals surface area (Å²) >= 11 is 6.15. The van der Waals surface area contributed by atoms with Crippen LogP contribution in [0.15, 0.2) is 48.5 Å². The summed E-state index contributed by atoms with van der Waals surface area (Å²) in [5.74, 6) is 0.637. The van der Waals surface area contributed by atoms with Crippen molar-refractivity contribution in [3.05, 3.63) is 64.7 Å². The number of benzene rings is 2. The lowest BCUT2D eigenvalue weighted by molar-refractivity contribution is -0.136. The molecule has 2 aromatic carbocycles. The minimum absolute atomic E-state index is 0. The summed E-state index contributed by atoms with van der Waals surface area (Å²) < 4.78 is 11.2. The lowest BCUT2D eigenvalue weighted by Gasteiger charge is -2.34. The fourth-order valence-electron chi connectivity index (χ4n) is 3.24. The highest BCUT2D eigenvalue weighted by atomic mass is 35.5. The Morgan fingerprint density at radius 2 is 1.75 bits per heavy atom. The number of carbonyl (C=O) groups is 1. The average molecular weight is 425 g/mol. The zero-order chi connectivity index (χ0) is 19.1. The highest BCUT2D eigenvalue weighted by Gasteiger charge is 2.38. The third-order valence-electron chi connectivity index (χ3n) is 5.10. The predicted octanol–water partition coefficient (Wildman–Crippen LogP) is 3.71. The van der Waals surface area contributed by atoms with Gasteiger partial charge < -0.3 is 20.5 Å². The Morgan fingerprint density at radius 1 is 1.11 bits per heavy atom. The molecule has 1 heterocycles. The first kappa shape index (κ1) is 22.5. The Kier molecular flexibility index (Phi) is 8.58. The summed E-state index contributed by atoms with van der Waals surface area (Å²) in [7, 11) is 0. The maximum Gasteiger partial charge on any atom is 0.227 e. The Balaban J connectivity index is 0.00000280. The molecule has 1 aliphatic heterocycles. The quantitative estimate of drug-likeness (QED) is 0.710. The number of ether oxygens (including phenoxy) is 2. The molecule has 7 heteroatoms. The molecule has 0 atom stereocenters. The van der Waals surface area contributed by atoms with E-state index in [0.717, 1.165) is 11.1 Å². The lowest BCUT2D eigenvalue weighted by atomic mass is 9.79. The number of para-hydroxylation sites is 1. The van der Waals surface area contributed by atoms with Crippen molar-refractivity contribution in [2.24, 2.45) is 11.1 Å². The largest absolute Gasteiger partial charge is 0.487 e. The molecule has 0 aromatic heterocycles. The first-order valence-electron chi connectivity index (χ1n) is 9.15. The van der Waals surface area contributed by atoms with E-state index in [-0.39, 0.29) is 18.3 Å². The van der Waals surface area contributed by atoms with E-state index in [2.05, 4.69) is 5.32 Å². The lowest BCUT2D eigenvalue weighted by Crippen LogP contribution is -2.49. The van der Waals surface area contributed by atoms with E-state index in [4.69, 9.17) is 26.8 Å². The zero-order valence-corrected chi connectivity index (χ0v) is 17.2. The standard InChI is InChI=1S/C21H25ClN2O3.ClH/c22-18-7-3-4-8-19(18)27-14-17-6-2-1-5-16(17)13-24-20(25)21(15-23)9-11-26-12-10-21;/h1-8H,9-15,23H2,(H,24,25);1H. The monoisotopic (exact) mass is 424 g/mol. The number of nitrogens with one attached hydrogen (secondary N) is 1. The highest BCUT2D eigenvalue weighted by Crippen LogP contribution is 2.30. The van der Waals surface area contributed by atoms with Crippen molar-refractivity contribution in [2.75, 3.05) is 19.8 Å². The first-order valence-corrected chi connectivity index (χ1v) is 9.53. The van der Waals surface area contributed by atoms with E-state index in [1.807, 2.05) is 42.5 Å². The van der Waals surface area contributed by atoms with Crippen LogP contribution >= 0.6 is 24.0 Å². The van der Waals surface area contributed by atoms with Crippen LogP contribution in [0.1, 0.15) is 24.0 Å². The van der Waals surface area contributed by atoms with E-state index in [0.29, 0.717) is 56.5 Å². The Hall–Kier alpha value is -1.79. The van der Waals surface area contributed by atoms with E-state index >= 15 is 0 Å². The molecule has 1 saturated heterocycles. The van der Waals surface area contributed by atoms with Gasteiger partial charge in [-0.15, -0.1) is 12.4 Å². The van der Waals surface area contributed by atoms with Crippen molar-refractivity contribution in [3.8, 4) is 5.75 Å². The number of hydrogen-bond acceptors (Lipinski definition) is 4. The molecule has 1 aliphatic rings. The minimum Gasteiger partial charge on any atom is -0.487 e. The van der Waals surface area contributed by atoms with Gasteiger partial charge in [0.2, 0.25) is 5.91 Å². The van der Waals surface area contributed by atoms with Crippen molar-refractivity contribution in [3.63, 3.8) is 0 Å². The fraction of sp³-hybridized carbons (Fsp3) is 0.381. The summed E-state index contributed by atoms with van der Waals surface area (Å²) in [4.78, 5) is 12.8. The third kappa shape index (κ3) is 5.39. The second-order valence-corrected chi connectivity index (χ2v) is 7.17. The third-order valence-corrected chi connectivity index (χ3v) is 5.41. The maximum absolute atomic E-state index is 12.8. The number of carbonyl (C=O) groups excluding carboxylic acids is 1.